The normalized spacial score (nSPS) is 22.1. The number of nitrogens with one attached hydrogen (secondary N) is 4. The number of methoxy groups -OCH3 is 1. The maximum absolute atomic E-state index is 13.2. The van der Waals surface area contributed by atoms with Gasteiger partial charge in [-0.1, -0.05) is 44.5 Å². The average molecular weight is 800 g/mol. The second-order valence-electron chi connectivity index (χ2n) is 15.5. The summed E-state index contributed by atoms with van der Waals surface area (Å²) in [4.78, 5) is 63.6. The summed E-state index contributed by atoms with van der Waals surface area (Å²) < 4.78 is 48.6. The van der Waals surface area contributed by atoms with Gasteiger partial charge in [0, 0.05) is 29.2 Å². The lowest BCUT2D eigenvalue weighted by molar-refractivity contribution is -0.154. The standard InChI is InChI=1S/C39H45ClF3N7O6/c1-21-23(17-25-19-28(21)37(25,2)3)18-30(51)32(53)44-16-13-29(33(54)55-4)46-31(52)22-5-11-27(12-6-22)45-34-47-35(49-36(48-34)56-20-39(41,42)43)50-38(14-15-38)24-7-9-26(40)10-8-24/h5-12,21,23,25,28-29H,13-20H2,1-4H3,(H,44,53)(H,46,52)(H2,45,47,48,49,50)/t21-,23+,25-,28-,29-/m0/s1. The molecule has 56 heavy (non-hydrogen) atoms. The van der Waals surface area contributed by atoms with E-state index in [1.165, 1.54) is 37.8 Å². The quantitative estimate of drug-likeness (QED) is 0.0938. The van der Waals surface area contributed by atoms with Crippen molar-refractivity contribution in [3.05, 3.63) is 64.7 Å². The van der Waals surface area contributed by atoms with Gasteiger partial charge >= 0.3 is 18.2 Å². The zero-order valence-corrected chi connectivity index (χ0v) is 32.2. The van der Waals surface area contributed by atoms with Crippen molar-refractivity contribution in [1.82, 2.24) is 25.6 Å². The number of anilines is 3. The third kappa shape index (κ3) is 9.51. The number of carbonyl (C=O) groups excluding carboxylic acids is 4. The van der Waals surface area contributed by atoms with Crippen LogP contribution in [0.2, 0.25) is 5.02 Å². The van der Waals surface area contributed by atoms with Crippen LogP contribution in [0.3, 0.4) is 0 Å². The summed E-state index contributed by atoms with van der Waals surface area (Å²) in [5.74, 6) is -1.07. The van der Waals surface area contributed by atoms with Crippen molar-refractivity contribution in [2.45, 2.75) is 77.1 Å². The van der Waals surface area contributed by atoms with Crippen molar-refractivity contribution in [3.8, 4) is 6.01 Å². The third-order valence-corrected chi connectivity index (χ3v) is 11.9. The fourth-order valence-electron chi connectivity index (χ4n) is 8.03. The van der Waals surface area contributed by atoms with Crippen LogP contribution in [0.25, 0.3) is 0 Å². The van der Waals surface area contributed by atoms with E-state index in [0.717, 1.165) is 24.8 Å². The Labute approximate surface area is 327 Å². The average Bonchev–Trinajstić information content (AvgIpc) is 3.93. The highest BCUT2D eigenvalue weighted by Gasteiger charge is 2.56. The first-order valence-corrected chi connectivity index (χ1v) is 18.9. The summed E-state index contributed by atoms with van der Waals surface area (Å²) in [6.45, 7) is 5.05. The number of Topliss-reactive ketones (excluding diaryl/α,β-unsaturated/α-hetero) is 1. The molecular weight excluding hydrogens is 755 g/mol. The Morgan fingerprint density at radius 1 is 0.964 bits per heavy atom. The molecule has 4 saturated carbocycles. The smallest absolute Gasteiger partial charge is 0.422 e. The molecule has 1 heterocycles. The molecule has 0 saturated heterocycles. The van der Waals surface area contributed by atoms with Gasteiger partial charge in [-0.15, -0.1) is 0 Å². The third-order valence-electron chi connectivity index (χ3n) is 11.6. The molecular formula is C39H45ClF3N7O6. The lowest BCUT2D eigenvalue weighted by Crippen LogP contribution is -2.55. The van der Waals surface area contributed by atoms with Crippen molar-refractivity contribution in [3.63, 3.8) is 0 Å². The molecule has 0 spiro atoms. The van der Waals surface area contributed by atoms with Crippen LogP contribution < -0.4 is 26.0 Å². The van der Waals surface area contributed by atoms with Gasteiger partial charge in [-0.3, -0.25) is 14.4 Å². The Balaban J connectivity index is 1.04. The van der Waals surface area contributed by atoms with Crippen molar-refractivity contribution >= 4 is 52.8 Å². The van der Waals surface area contributed by atoms with Crippen molar-refractivity contribution in [2.75, 3.05) is 30.9 Å². The SMILES string of the molecule is COC(=O)[C@H](CCNC(=O)C(=O)C[C@H]1C[C@H]2C[C@@H]([C@H]1C)C2(C)C)NC(=O)c1ccc(Nc2nc(NC3(c4ccc(Cl)cc4)CC3)nc(OCC(F)(F)F)n2)cc1. The van der Waals surface area contributed by atoms with E-state index in [1.54, 1.807) is 12.1 Å². The number of hydrogen-bond acceptors (Lipinski definition) is 11. The Morgan fingerprint density at radius 2 is 1.64 bits per heavy atom. The predicted octanol–water partition coefficient (Wildman–Crippen LogP) is 6.37. The van der Waals surface area contributed by atoms with Crippen LogP contribution in [-0.2, 0) is 24.7 Å². The molecule has 4 fully saturated rings. The van der Waals surface area contributed by atoms with E-state index < -0.39 is 53.9 Å². The van der Waals surface area contributed by atoms with E-state index in [1.807, 2.05) is 12.1 Å². The minimum atomic E-state index is -4.63. The van der Waals surface area contributed by atoms with Crippen molar-refractivity contribution < 1.29 is 41.8 Å². The molecule has 2 amide bonds. The Hall–Kier alpha value is -4.99. The van der Waals surface area contributed by atoms with E-state index >= 15 is 0 Å². The van der Waals surface area contributed by atoms with Crippen LogP contribution in [0.15, 0.2) is 48.5 Å². The summed E-state index contributed by atoms with van der Waals surface area (Å²) >= 11 is 6.04. The van der Waals surface area contributed by atoms with E-state index in [-0.39, 0.29) is 48.2 Å². The lowest BCUT2D eigenvalue weighted by Gasteiger charge is -2.62. The summed E-state index contributed by atoms with van der Waals surface area (Å²) in [7, 11) is 1.17. The highest BCUT2D eigenvalue weighted by atomic mass is 35.5. The van der Waals surface area contributed by atoms with Crippen LogP contribution in [0.4, 0.5) is 30.8 Å². The number of aromatic nitrogens is 3. The molecule has 0 radical (unpaired) electrons. The Kier molecular flexibility index (Phi) is 11.8. The van der Waals surface area contributed by atoms with Gasteiger partial charge in [-0.2, -0.15) is 28.1 Å². The van der Waals surface area contributed by atoms with Gasteiger partial charge in [-0.25, -0.2) is 4.79 Å². The molecule has 1 aromatic heterocycles. The Morgan fingerprint density at radius 3 is 2.25 bits per heavy atom. The number of hydrogen-bond donors (Lipinski definition) is 4. The molecule has 13 nitrogen and oxygen atoms in total. The van der Waals surface area contributed by atoms with Gasteiger partial charge in [0.25, 0.3) is 11.8 Å². The molecule has 4 aliphatic rings. The van der Waals surface area contributed by atoms with Gasteiger partial charge in [0.15, 0.2) is 6.61 Å². The van der Waals surface area contributed by atoms with Gasteiger partial charge in [-0.05, 0) is 103 Å². The summed E-state index contributed by atoms with van der Waals surface area (Å²) in [6.07, 6.45) is -0.930. The zero-order chi connectivity index (χ0) is 40.4. The van der Waals surface area contributed by atoms with Gasteiger partial charge in [0.05, 0.1) is 12.6 Å². The summed E-state index contributed by atoms with van der Waals surface area (Å²) in [6, 6.07) is 11.4. The molecule has 7 rings (SSSR count). The van der Waals surface area contributed by atoms with Gasteiger partial charge < -0.3 is 30.7 Å². The van der Waals surface area contributed by atoms with Crippen molar-refractivity contribution in [2.24, 2.45) is 29.1 Å². The monoisotopic (exact) mass is 799 g/mol. The zero-order valence-electron chi connectivity index (χ0n) is 31.5. The Bertz CT molecular complexity index is 1940. The molecule has 5 atom stereocenters. The number of fused-ring (bicyclic) bond motifs is 2. The molecule has 4 aliphatic carbocycles. The lowest BCUT2D eigenvalue weighted by atomic mass is 9.43. The predicted molar refractivity (Wildman–Crippen MR) is 200 cm³/mol. The number of halogens is 4. The largest absolute Gasteiger partial charge is 0.467 e. The van der Waals surface area contributed by atoms with E-state index in [4.69, 9.17) is 21.1 Å². The molecule has 2 aromatic carbocycles. The highest BCUT2D eigenvalue weighted by Crippen LogP contribution is 2.63. The minimum absolute atomic E-state index is 0.0169. The first-order valence-electron chi connectivity index (χ1n) is 18.5. The molecule has 0 aliphatic heterocycles. The summed E-state index contributed by atoms with van der Waals surface area (Å²) in [5.41, 5.74) is 1.17. The van der Waals surface area contributed by atoms with Crippen LogP contribution in [0.5, 0.6) is 6.01 Å². The van der Waals surface area contributed by atoms with Crippen molar-refractivity contribution in [1.29, 1.82) is 0 Å². The molecule has 4 N–H and O–H groups in total. The van der Waals surface area contributed by atoms with Crippen LogP contribution in [0.1, 0.15) is 75.2 Å². The second-order valence-corrected chi connectivity index (χ2v) is 16.0. The molecule has 3 aromatic rings. The number of esters is 1. The maximum atomic E-state index is 13.2. The second kappa shape index (κ2) is 16.2. The first kappa shape index (κ1) is 40.7. The first-order chi connectivity index (χ1) is 26.5. The molecule has 0 unspecified atom stereocenters. The topological polar surface area (TPSA) is 174 Å². The van der Waals surface area contributed by atoms with E-state index in [2.05, 4.69) is 57.0 Å². The number of benzene rings is 2. The molecule has 300 valence electrons. The highest BCUT2D eigenvalue weighted by molar-refractivity contribution is 6.36. The number of rotatable bonds is 16. The van der Waals surface area contributed by atoms with Gasteiger partial charge in [0.2, 0.25) is 17.7 Å². The fraction of sp³-hybridized carbons (Fsp3) is 0.513. The van der Waals surface area contributed by atoms with E-state index in [9.17, 15) is 32.3 Å². The van der Waals surface area contributed by atoms with Crippen LogP contribution >= 0.6 is 11.6 Å². The minimum Gasteiger partial charge on any atom is -0.467 e. The van der Waals surface area contributed by atoms with Crippen LogP contribution in [-0.4, -0.2) is 71.0 Å². The van der Waals surface area contributed by atoms with Gasteiger partial charge in [0.1, 0.15) is 6.04 Å². The number of amides is 2. The van der Waals surface area contributed by atoms with Crippen LogP contribution in [0, 0.1) is 29.1 Å². The molecule has 2 bridgehead atoms. The number of ether oxygens (including phenoxy) is 2. The maximum Gasteiger partial charge on any atom is 0.422 e. The summed E-state index contributed by atoms with van der Waals surface area (Å²) in [5, 5.41) is 11.8. The number of nitrogens with zero attached hydrogens (tertiary/aromatic N) is 3. The number of ketones is 1. The number of carbonyl (C=O) groups is 4. The number of alkyl halides is 3. The fourth-order valence-corrected chi connectivity index (χ4v) is 8.15. The van der Waals surface area contributed by atoms with E-state index in [0.29, 0.717) is 28.5 Å². The molecule has 17 heteroatoms.